The fraction of sp³-hybridized carbons (Fsp3) is 0.467. The molecule has 1 saturated heterocycles. The molecule has 1 aliphatic heterocycles. The smallest absolute Gasteiger partial charge is 0.246 e. The zero-order chi connectivity index (χ0) is 15.0. The number of halogens is 2. The summed E-state index contributed by atoms with van der Waals surface area (Å²) in [7, 11) is 0. The van der Waals surface area contributed by atoms with E-state index in [1.807, 2.05) is 0 Å². The molecule has 2 aliphatic rings. The second kappa shape index (κ2) is 5.30. The van der Waals surface area contributed by atoms with E-state index in [1.165, 1.54) is 6.07 Å². The lowest BCUT2D eigenvalue weighted by atomic mass is 9.90. The molecule has 6 heteroatoms. The van der Waals surface area contributed by atoms with Crippen LogP contribution < -0.4 is 5.32 Å². The van der Waals surface area contributed by atoms with Crippen LogP contribution >= 0.6 is 11.6 Å². The van der Waals surface area contributed by atoms with Gasteiger partial charge in [-0.2, -0.15) is 0 Å². The van der Waals surface area contributed by atoms with E-state index in [9.17, 15) is 14.0 Å². The Morgan fingerprint density at radius 1 is 1.29 bits per heavy atom. The van der Waals surface area contributed by atoms with E-state index in [0.29, 0.717) is 23.4 Å². The molecule has 1 aromatic carbocycles. The zero-order valence-corrected chi connectivity index (χ0v) is 12.3. The summed E-state index contributed by atoms with van der Waals surface area (Å²) in [6.45, 7) is 0.0883. The minimum atomic E-state index is -0.804. The van der Waals surface area contributed by atoms with Crippen LogP contribution in [0.25, 0.3) is 0 Å². The Balaban J connectivity index is 1.93. The predicted octanol–water partition coefficient (Wildman–Crippen LogP) is 2.25. The number of carbonyl (C=O) groups excluding carboxylic acids is 2. The number of rotatable bonds is 2. The van der Waals surface area contributed by atoms with Gasteiger partial charge in [-0.1, -0.05) is 30.5 Å². The third-order valence-electron chi connectivity index (χ3n) is 4.41. The SMILES string of the molecule is O=C1CNC(=O)C2(CCCC2)N1Cc1ccc(Cl)cc1F. The molecule has 4 nitrogen and oxygen atoms in total. The van der Waals surface area contributed by atoms with Crippen molar-refractivity contribution in [2.75, 3.05) is 6.54 Å². The Morgan fingerprint density at radius 2 is 2.00 bits per heavy atom. The summed E-state index contributed by atoms with van der Waals surface area (Å²) in [5.41, 5.74) is -0.421. The largest absolute Gasteiger partial charge is 0.345 e. The summed E-state index contributed by atoms with van der Waals surface area (Å²) in [4.78, 5) is 26.1. The standard InChI is InChI=1S/C15H16ClFN2O2/c16-11-4-3-10(12(17)7-11)9-19-13(20)8-18-14(21)15(19)5-1-2-6-15/h3-4,7H,1-2,5-6,8-9H2,(H,18,21). The van der Waals surface area contributed by atoms with Gasteiger partial charge in [0.1, 0.15) is 11.4 Å². The van der Waals surface area contributed by atoms with Crippen molar-refractivity contribution in [3.8, 4) is 0 Å². The lowest BCUT2D eigenvalue weighted by Crippen LogP contribution is -2.65. The van der Waals surface area contributed by atoms with Crippen LogP contribution in [0.1, 0.15) is 31.2 Å². The molecule has 0 bridgehead atoms. The zero-order valence-electron chi connectivity index (χ0n) is 11.5. The molecule has 2 amide bonds. The number of carbonyl (C=O) groups is 2. The molecule has 1 saturated carbocycles. The lowest BCUT2D eigenvalue weighted by Gasteiger charge is -2.43. The maximum atomic E-state index is 14.0. The van der Waals surface area contributed by atoms with E-state index in [0.717, 1.165) is 12.8 Å². The molecule has 3 rings (SSSR count). The Kier molecular flexibility index (Phi) is 3.61. The van der Waals surface area contributed by atoms with Gasteiger partial charge in [0.05, 0.1) is 6.54 Å². The van der Waals surface area contributed by atoms with Gasteiger partial charge in [-0.25, -0.2) is 4.39 Å². The van der Waals surface area contributed by atoms with Crippen molar-refractivity contribution < 1.29 is 14.0 Å². The van der Waals surface area contributed by atoms with Crippen molar-refractivity contribution in [3.63, 3.8) is 0 Å². The maximum absolute atomic E-state index is 14.0. The fourth-order valence-electron chi connectivity index (χ4n) is 3.29. The van der Waals surface area contributed by atoms with Gasteiger partial charge in [-0.05, 0) is 25.0 Å². The van der Waals surface area contributed by atoms with E-state index < -0.39 is 11.4 Å². The minimum absolute atomic E-state index is 0.0181. The highest BCUT2D eigenvalue weighted by atomic mass is 35.5. The van der Waals surface area contributed by atoms with Crippen molar-refractivity contribution in [1.82, 2.24) is 10.2 Å². The number of hydrogen-bond donors (Lipinski definition) is 1. The summed E-state index contributed by atoms with van der Waals surface area (Å²) in [6.07, 6.45) is 3.08. The molecule has 0 aromatic heterocycles. The number of hydrogen-bond acceptors (Lipinski definition) is 2. The number of nitrogens with zero attached hydrogens (tertiary/aromatic N) is 1. The van der Waals surface area contributed by atoms with Gasteiger partial charge < -0.3 is 10.2 Å². The van der Waals surface area contributed by atoms with Crippen LogP contribution in [0, 0.1) is 5.82 Å². The van der Waals surface area contributed by atoms with Crippen molar-refractivity contribution in [3.05, 3.63) is 34.6 Å². The third-order valence-corrected chi connectivity index (χ3v) is 4.65. The quantitative estimate of drug-likeness (QED) is 0.911. The topological polar surface area (TPSA) is 49.4 Å². The molecule has 2 fully saturated rings. The predicted molar refractivity (Wildman–Crippen MR) is 76.2 cm³/mol. The number of amides is 2. The molecular formula is C15H16ClFN2O2. The summed E-state index contributed by atoms with van der Waals surface area (Å²) >= 11 is 5.75. The van der Waals surface area contributed by atoms with E-state index in [1.54, 1.807) is 17.0 Å². The Bertz CT molecular complexity index is 599. The second-order valence-electron chi connectivity index (χ2n) is 5.64. The van der Waals surface area contributed by atoms with Crippen LogP contribution in [-0.4, -0.2) is 28.8 Å². The molecule has 112 valence electrons. The first-order valence-electron chi connectivity index (χ1n) is 7.06. The molecule has 0 radical (unpaired) electrons. The number of nitrogens with one attached hydrogen (secondary N) is 1. The number of benzene rings is 1. The molecule has 1 heterocycles. The maximum Gasteiger partial charge on any atom is 0.246 e. The molecule has 1 spiro atoms. The first kappa shape index (κ1) is 14.3. The van der Waals surface area contributed by atoms with Gasteiger partial charge in [-0.3, -0.25) is 9.59 Å². The fourth-order valence-corrected chi connectivity index (χ4v) is 3.45. The van der Waals surface area contributed by atoms with E-state index >= 15 is 0 Å². The lowest BCUT2D eigenvalue weighted by molar-refractivity contribution is -0.154. The highest BCUT2D eigenvalue weighted by Crippen LogP contribution is 2.38. The third kappa shape index (κ3) is 2.39. The van der Waals surface area contributed by atoms with Crippen molar-refractivity contribution >= 4 is 23.4 Å². The minimum Gasteiger partial charge on any atom is -0.345 e. The molecular weight excluding hydrogens is 295 g/mol. The molecule has 1 N–H and O–H groups in total. The first-order chi connectivity index (χ1) is 10.0. The molecule has 1 aliphatic carbocycles. The molecule has 21 heavy (non-hydrogen) atoms. The summed E-state index contributed by atoms with van der Waals surface area (Å²) in [5.74, 6) is -0.728. The summed E-state index contributed by atoms with van der Waals surface area (Å²) in [5, 5.41) is 2.97. The molecule has 0 unspecified atom stereocenters. The van der Waals surface area contributed by atoms with Crippen molar-refractivity contribution in [2.24, 2.45) is 0 Å². The molecule has 1 aromatic rings. The highest BCUT2D eigenvalue weighted by molar-refractivity contribution is 6.30. The van der Waals surface area contributed by atoms with Crippen molar-refractivity contribution in [2.45, 2.75) is 37.8 Å². The Morgan fingerprint density at radius 3 is 2.67 bits per heavy atom. The van der Waals surface area contributed by atoms with Crippen LogP contribution in [0.2, 0.25) is 5.02 Å². The Hall–Kier alpha value is -1.62. The van der Waals surface area contributed by atoms with Crippen LogP contribution in [0.4, 0.5) is 4.39 Å². The summed E-state index contributed by atoms with van der Waals surface area (Å²) < 4.78 is 14.0. The van der Waals surface area contributed by atoms with Crippen LogP contribution in [-0.2, 0) is 16.1 Å². The van der Waals surface area contributed by atoms with E-state index in [2.05, 4.69) is 5.32 Å². The Labute approximate surface area is 127 Å². The normalized spacial score (nSPS) is 21.0. The van der Waals surface area contributed by atoms with Crippen LogP contribution in [0.15, 0.2) is 18.2 Å². The van der Waals surface area contributed by atoms with Crippen LogP contribution in [0.3, 0.4) is 0 Å². The second-order valence-corrected chi connectivity index (χ2v) is 6.07. The highest BCUT2D eigenvalue weighted by Gasteiger charge is 2.50. The molecule has 0 atom stereocenters. The monoisotopic (exact) mass is 310 g/mol. The summed E-state index contributed by atoms with van der Waals surface area (Å²) in [6, 6.07) is 4.39. The van der Waals surface area contributed by atoms with Gasteiger partial charge in [0.25, 0.3) is 0 Å². The van der Waals surface area contributed by atoms with E-state index in [-0.39, 0.29) is 24.9 Å². The van der Waals surface area contributed by atoms with Gasteiger partial charge in [0.2, 0.25) is 11.8 Å². The van der Waals surface area contributed by atoms with Gasteiger partial charge in [0, 0.05) is 17.1 Å². The van der Waals surface area contributed by atoms with Crippen LogP contribution in [0.5, 0.6) is 0 Å². The average molecular weight is 311 g/mol. The average Bonchev–Trinajstić information content (AvgIpc) is 2.92. The number of piperazine rings is 1. The van der Waals surface area contributed by atoms with Gasteiger partial charge in [-0.15, -0.1) is 0 Å². The van der Waals surface area contributed by atoms with Gasteiger partial charge in [0.15, 0.2) is 0 Å². The first-order valence-corrected chi connectivity index (χ1v) is 7.43. The van der Waals surface area contributed by atoms with E-state index in [4.69, 9.17) is 11.6 Å². The van der Waals surface area contributed by atoms with Crippen molar-refractivity contribution in [1.29, 1.82) is 0 Å². The van der Waals surface area contributed by atoms with Gasteiger partial charge >= 0.3 is 0 Å².